The van der Waals surface area contributed by atoms with Crippen molar-refractivity contribution in [3.8, 4) is 0 Å². The highest BCUT2D eigenvalue weighted by atomic mass is 16.5. The fourth-order valence-electron chi connectivity index (χ4n) is 10.0. The molecule has 6 nitrogen and oxygen atoms in total. The molecule has 2 atom stereocenters. The number of aliphatic hydroxyl groups excluding tert-OH is 2. The molecule has 1 amide bonds. The fraction of sp³-hybridized carbons (Fsp3) is 0.908. The van der Waals surface area contributed by atoms with Gasteiger partial charge in [0.2, 0.25) is 5.91 Å². The van der Waals surface area contributed by atoms with Crippen molar-refractivity contribution in [3.05, 3.63) is 24.3 Å². The summed E-state index contributed by atoms with van der Waals surface area (Å²) in [6.07, 6.45) is 74.9. The Hall–Kier alpha value is -1.66. The number of carbonyl (C=O) groups is 2. The lowest BCUT2D eigenvalue weighted by Gasteiger charge is -2.22. The number of nitrogens with one attached hydrogen (secondary N) is 1. The van der Waals surface area contributed by atoms with Gasteiger partial charge in [0.15, 0.2) is 0 Å². The minimum absolute atomic E-state index is 0.0121. The van der Waals surface area contributed by atoms with E-state index < -0.39 is 12.1 Å². The Labute approximate surface area is 443 Å². The average Bonchev–Trinajstić information content (AvgIpc) is 3.37. The van der Waals surface area contributed by atoms with Crippen LogP contribution in [0.1, 0.15) is 354 Å². The second kappa shape index (κ2) is 60.9. The third-order valence-electron chi connectivity index (χ3n) is 15.0. The lowest BCUT2D eigenvalue weighted by atomic mass is 10.0. The van der Waals surface area contributed by atoms with Gasteiger partial charge in [-0.2, -0.15) is 0 Å². The lowest BCUT2D eigenvalue weighted by Crippen LogP contribution is -2.45. The molecule has 0 rings (SSSR count). The molecule has 0 aromatic heterocycles. The first kappa shape index (κ1) is 69.3. The summed E-state index contributed by atoms with van der Waals surface area (Å²) in [6, 6.07) is -0.540. The van der Waals surface area contributed by atoms with Crippen LogP contribution in [-0.2, 0) is 14.3 Å². The molecule has 71 heavy (non-hydrogen) atoms. The van der Waals surface area contributed by atoms with Gasteiger partial charge < -0.3 is 20.3 Å². The van der Waals surface area contributed by atoms with E-state index in [1.807, 2.05) is 0 Å². The van der Waals surface area contributed by atoms with Crippen LogP contribution in [0.5, 0.6) is 0 Å². The quantitative estimate of drug-likeness (QED) is 0.0320. The van der Waals surface area contributed by atoms with E-state index in [2.05, 4.69) is 43.5 Å². The maximum absolute atomic E-state index is 12.4. The Morgan fingerprint density at radius 1 is 0.380 bits per heavy atom. The maximum Gasteiger partial charge on any atom is 0.305 e. The summed E-state index contributed by atoms with van der Waals surface area (Å²) < 4.78 is 5.50. The van der Waals surface area contributed by atoms with Crippen LogP contribution < -0.4 is 5.32 Å². The Morgan fingerprint density at radius 2 is 0.662 bits per heavy atom. The summed E-state index contributed by atoms with van der Waals surface area (Å²) in [6.45, 7) is 4.95. The summed E-state index contributed by atoms with van der Waals surface area (Å²) in [5.41, 5.74) is 0. The molecule has 0 saturated carbocycles. The standard InChI is InChI=1S/C65H125NO5/c1-3-5-7-9-11-13-15-16-17-29-33-36-39-43-47-51-55-59-65(70)71-60-56-52-48-44-40-37-34-31-28-26-24-22-20-18-19-21-23-25-27-30-32-35-38-42-46-50-54-58-64(69)66-62(61-67)63(68)57-53-49-45-41-14-12-10-8-6-4-2/h16-19,62-63,67-68H,3-15,20-61H2,1-2H3,(H,66,69)/b17-16-,19-18-. The van der Waals surface area contributed by atoms with E-state index in [1.165, 1.54) is 276 Å². The van der Waals surface area contributed by atoms with Crippen LogP contribution in [0.25, 0.3) is 0 Å². The molecular weight excluding hydrogens is 875 g/mol. The average molecular weight is 1000 g/mol. The number of rotatable bonds is 60. The molecule has 0 aliphatic carbocycles. The first-order valence-corrected chi connectivity index (χ1v) is 32.1. The first-order chi connectivity index (χ1) is 35.0. The van der Waals surface area contributed by atoms with Gasteiger partial charge in [-0.15, -0.1) is 0 Å². The molecule has 3 N–H and O–H groups in total. The lowest BCUT2D eigenvalue weighted by molar-refractivity contribution is -0.143. The minimum atomic E-state index is -0.662. The summed E-state index contributed by atoms with van der Waals surface area (Å²) >= 11 is 0. The maximum atomic E-state index is 12.4. The van der Waals surface area contributed by atoms with Crippen molar-refractivity contribution in [3.63, 3.8) is 0 Å². The van der Waals surface area contributed by atoms with Gasteiger partial charge in [-0.1, -0.05) is 289 Å². The van der Waals surface area contributed by atoms with Gasteiger partial charge in [0.25, 0.3) is 0 Å². The topological polar surface area (TPSA) is 95.9 Å². The molecule has 0 heterocycles. The molecule has 0 aliphatic rings. The van der Waals surface area contributed by atoms with Crippen LogP contribution in [-0.4, -0.2) is 47.4 Å². The predicted molar refractivity (Wildman–Crippen MR) is 310 cm³/mol. The van der Waals surface area contributed by atoms with Crippen molar-refractivity contribution >= 4 is 11.9 Å². The Bertz CT molecular complexity index is 1110. The normalized spacial score (nSPS) is 12.7. The Balaban J connectivity index is 3.35. The zero-order valence-electron chi connectivity index (χ0n) is 48.0. The highest BCUT2D eigenvalue weighted by Gasteiger charge is 2.20. The van der Waals surface area contributed by atoms with Gasteiger partial charge in [-0.25, -0.2) is 0 Å². The Kier molecular flexibility index (Phi) is 59.5. The predicted octanol–water partition coefficient (Wildman–Crippen LogP) is 20.2. The van der Waals surface area contributed by atoms with E-state index >= 15 is 0 Å². The summed E-state index contributed by atoms with van der Waals surface area (Å²) in [5.74, 6) is -0.0243. The highest BCUT2D eigenvalue weighted by molar-refractivity contribution is 5.76. The number of ether oxygens (including phenoxy) is 1. The molecule has 0 saturated heterocycles. The molecule has 0 radical (unpaired) electrons. The Morgan fingerprint density at radius 3 is 1.00 bits per heavy atom. The van der Waals surface area contributed by atoms with Crippen molar-refractivity contribution in [2.75, 3.05) is 13.2 Å². The molecule has 0 bridgehead atoms. The van der Waals surface area contributed by atoms with E-state index in [9.17, 15) is 19.8 Å². The van der Waals surface area contributed by atoms with Crippen LogP contribution in [0.2, 0.25) is 0 Å². The van der Waals surface area contributed by atoms with E-state index in [-0.39, 0.29) is 18.5 Å². The van der Waals surface area contributed by atoms with Crippen LogP contribution >= 0.6 is 0 Å². The van der Waals surface area contributed by atoms with Gasteiger partial charge >= 0.3 is 5.97 Å². The third-order valence-corrected chi connectivity index (χ3v) is 15.0. The number of unbranched alkanes of at least 4 members (excludes halogenated alkanes) is 45. The van der Waals surface area contributed by atoms with E-state index in [0.29, 0.717) is 25.9 Å². The van der Waals surface area contributed by atoms with E-state index in [4.69, 9.17) is 4.74 Å². The summed E-state index contributed by atoms with van der Waals surface area (Å²) in [4.78, 5) is 24.5. The van der Waals surface area contributed by atoms with Crippen molar-refractivity contribution in [2.24, 2.45) is 0 Å². The van der Waals surface area contributed by atoms with Crippen molar-refractivity contribution < 1.29 is 24.5 Å². The molecule has 420 valence electrons. The molecular formula is C65H125NO5. The number of aliphatic hydroxyl groups is 2. The van der Waals surface area contributed by atoms with Crippen LogP contribution in [0, 0.1) is 0 Å². The van der Waals surface area contributed by atoms with Gasteiger partial charge in [0.1, 0.15) is 0 Å². The number of esters is 1. The smallest absolute Gasteiger partial charge is 0.305 e. The summed E-state index contributed by atoms with van der Waals surface area (Å²) in [5, 5.41) is 23.2. The molecule has 6 heteroatoms. The highest BCUT2D eigenvalue weighted by Crippen LogP contribution is 2.18. The zero-order valence-corrected chi connectivity index (χ0v) is 48.0. The van der Waals surface area contributed by atoms with Crippen LogP contribution in [0.3, 0.4) is 0 Å². The molecule has 0 fully saturated rings. The van der Waals surface area contributed by atoms with Crippen molar-refractivity contribution in [2.45, 2.75) is 366 Å². The molecule has 0 aromatic rings. The third kappa shape index (κ3) is 57.5. The van der Waals surface area contributed by atoms with E-state index in [0.717, 1.165) is 44.9 Å². The molecule has 0 aromatic carbocycles. The monoisotopic (exact) mass is 1000 g/mol. The van der Waals surface area contributed by atoms with Crippen molar-refractivity contribution in [1.29, 1.82) is 0 Å². The molecule has 0 aliphatic heterocycles. The van der Waals surface area contributed by atoms with E-state index in [1.54, 1.807) is 0 Å². The SMILES string of the molecule is CCCCCCCC/C=C\CCCCCCCCCC(=O)OCCCCCCCCCCCCCC/C=C\CCCCCCCCCCCCCC(=O)NC(CO)C(O)CCCCCCCCCCCC. The van der Waals surface area contributed by atoms with Gasteiger partial charge in [-0.3, -0.25) is 9.59 Å². The van der Waals surface area contributed by atoms with Gasteiger partial charge in [-0.05, 0) is 77.0 Å². The van der Waals surface area contributed by atoms with Gasteiger partial charge in [0, 0.05) is 12.8 Å². The summed E-state index contributed by atoms with van der Waals surface area (Å²) in [7, 11) is 0. The number of carbonyl (C=O) groups excluding carboxylic acids is 2. The number of hydrogen-bond acceptors (Lipinski definition) is 5. The number of allylic oxidation sites excluding steroid dienone is 4. The van der Waals surface area contributed by atoms with Crippen LogP contribution in [0.15, 0.2) is 24.3 Å². The first-order valence-electron chi connectivity index (χ1n) is 32.1. The molecule has 2 unspecified atom stereocenters. The zero-order chi connectivity index (χ0) is 51.4. The fourth-order valence-corrected chi connectivity index (χ4v) is 10.0. The largest absolute Gasteiger partial charge is 0.466 e. The number of amides is 1. The second-order valence-electron chi connectivity index (χ2n) is 22.1. The minimum Gasteiger partial charge on any atom is -0.466 e. The second-order valence-corrected chi connectivity index (χ2v) is 22.1. The molecule has 0 spiro atoms. The van der Waals surface area contributed by atoms with Gasteiger partial charge in [0.05, 0.1) is 25.4 Å². The van der Waals surface area contributed by atoms with Crippen LogP contribution in [0.4, 0.5) is 0 Å². The van der Waals surface area contributed by atoms with Crippen molar-refractivity contribution in [1.82, 2.24) is 5.32 Å². The number of hydrogen-bond donors (Lipinski definition) is 3.